The fourth-order valence-electron chi connectivity index (χ4n) is 4.47. The van der Waals surface area contributed by atoms with Crippen LogP contribution < -0.4 is 0 Å². The second-order valence-electron chi connectivity index (χ2n) is 6.82. The minimum Gasteiger partial charge on any atom is -0.390 e. The van der Waals surface area contributed by atoms with Crippen LogP contribution >= 0.6 is 0 Å². The molecule has 0 aliphatic heterocycles. The van der Waals surface area contributed by atoms with Crippen molar-refractivity contribution in [2.45, 2.75) is 64.6 Å². The molecule has 0 saturated heterocycles. The van der Waals surface area contributed by atoms with Crippen molar-refractivity contribution in [2.24, 2.45) is 10.8 Å². The van der Waals surface area contributed by atoms with Gasteiger partial charge in [0, 0.05) is 0 Å². The number of fused-ring (bicyclic) bond motifs is 1. The first-order valence-corrected chi connectivity index (χ1v) is 5.53. The highest BCUT2D eigenvalue weighted by molar-refractivity contribution is 5.14. The fourth-order valence-corrected chi connectivity index (χ4v) is 4.47. The number of aliphatic hydroxyl groups is 2. The zero-order valence-corrected chi connectivity index (χ0v) is 9.72. The molecule has 0 spiro atoms. The van der Waals surface area contributed by atoms with Crippen molar-refractivity contribution in [3.63, 3.8) is 0 Å². The maximum absolute atomic E-state index is 10.1. The molecule has 2 rings (SSSR count). The van der Waals surface area contributed by atoms with Crippen LogP contribution in [0.15, 0.2) is 0 Å². The van der Waals surface area contributed by atoms with Crippen molar-refractivity contribution in [2.75, 3.05) is 0 Å². The summed E-state index contributed by atoms with van der Waals surface area (Å²) in [7, 11) is 0. The number of rotatable bonds is 0. The molecular formula is C12H22O2. The summed E-state index contributed by atoms with van der Waals surface area (Å²) < 4.78 is 0. The van der Waals surface area contributed by atoms with Crippen LogP contribution in [0.25, 0.3) is 0 Å². The van der Waals surface area contributed by atoms with Gasteiger partial charge in [-0.3, -0.25) is 0 Å². The molecule has 0 radical (unpaired) electrons. The van der Waals surface area contributed by atoms with Gasteiger partial charge in [0.25, 0.3) is 0 Å². The summed E-state index contributed by atoms with van der Waals surface area (Å²) in [5, 5.41) is 20.2. The van der Waals surface area contributed by atoms with Gasteiger partial charge in [-0.2, -0.15) is 0 Å². The third kappa shape index (κ3) is 1.31. The predicted molar refractivity (Wildman–Crippen MR) is 55.9 cm³/mol. The average Bonchev–Trinajstić information content (AvgIpc) is 1.99. The molecule has 0 amide bonds. The van der Waals surface area contributed by atoms with E-state index in [1.807, 2.05) is 13.8 Å². The summed E-state index contributed by atoms with van der Waals surface area (Å²) in [6.45, 7) is 8.29. The Morgan fingerprint density at radius 2 is 0.857 bits per heavy atom. The second-order valence-corrected chi connectivity index (χ2v) is 6.82. The van der Waals surface area contributed by atoms with Crippen LogP contribution in [0, 0.1) is 10.8 Å². The highest BCUT2D eigenvalue weighted by Gasteiger charge is 2.63. The van der Waals surface area contributed by atoms with Crippen LogP contribution in [0.5, 0.6) is 0 Å². The molecule has 0 aromatic carbocycles. The van der Waals surface area contributed by atoms with Gasteiger partial charge in [-0.15, -0.1) is 0 Å². The van der Waals surface area contributed by atoms with Crippen molar-refractivity contribution in [1.82, 2.24) is 0 Å². The highest BCUT2D eigenvalue weighted by Crippen LogP contribution is 2.67. The minimum absolute atomic E-state index is 0.111. The Balaban J connectivity index is 2.34. The number of hydrogen-bond donors (Lipinski definition) is 2. The Labute approximate surface area is 86.3 Å². The molecule has 2 nitrogen and oxygen atoms in total. The van der Waals surface area contributed by atoms with E-state index in [0.29, 0.717) is 0 Å². The first kappa shape index (κ1) is 10.4. The van der Waals surface area contributed by atoms with Crippen molar-refractivity contribution in [3.8, 4) is 0 Å². The largest absolute Gasteiger partial charge is 0.390 e. The van der Waals surface area contributed by atoms with E-state index in [9.17, 15) is 10.2 Å². The standard InChI is InChI=1S/C12H22O2/c1-9-5-11(3,13)7-10(9,2)8-12(4,14)6-9/h13-14H,5-8H2,1-4H3. The molecule has 0 aromatic rings. The van der Waals surface area contributed by atoms with Gasteiger partial charge in [-0.05, 0) is 50.4 Å². The molecule has 0 aromatic heterocycles. The molecule has 2 saturated carbocycles. The van der Waals surface area contributed by atoms with Crippen LogP contribution in [0.3, 0.4) is 0 Å². The summed E-state index contributed by atoms with van der Waals surface area (Å²) in [4.78, 5) is 0. The van der Waals surface area contributed by atoms with E-state index < -0.39 is 11.2 Å². The van der Waals surface area contributed by atoms with E-state index in [0.717, 1.165) is 25.7 Å². The third-order valence-corrected chi connectivity index (χ3v) is 4.54. The van der Waals surface area contributed by atoms with Crippen LogP contribution in [0.4, 0.5) is 0 Å². The molecule has 14 heavy (non-hydrogen) atoms. The molecular weight excluding hydrogens is 176 g/mol. The summed E-state index contributed by atoms with van der Waals surface area (Å²) in [5.41, 5.74) is -0.833. The lowest BCUT2D eigenvalue weighted by molar-refractivity contribution is 0.0118. The maximum atomic E-state index is 10.1. The van der Waals surface area contributed by atoms with E-state index >= 15 is 0 Å². The van der Waals surface area contributed by atoms with Gasteiger partial charge < -0.3 is 10.2 Å². The zero-order chi connectivity index (χ0) is 10.8. The van der Waals surface area contributed by atoms with Gasteiger partial charge in [-0.25, -0.2) is 0 Å². The maximum Gasteiger partial charge on any atom is 0.0630 e. The highest BCUT2D eigenvalue weighted by atomic mass is 16.3. The van der Waals surface area contributed by atoms with Crippen molar-refractivity contribution in [3.05, 3.63) is 0 Å². The van der Waals surface area contributed by atoms with E-state index in [2.05, 4.69) is 13.8 Å². The lowest BCUT2D eigenvalue weighted by Crippen LogP contribution is -2.28. The van der Waals surface area contributed by atoms with Crippen LogP contribution in [0.1, 0.15) is 53.4 Å². The Kier molecular flexibility index (Phi) is 1.76. The molecule has 2 aliphatic carbocycles. The Bertz CT molecular complexity index is 221. The molecule has 0 bridgehead atoms. The molecule has 2 heteroatoms. The molecule has 2 aliphatic rings. The van der Waals surface area contributed by atoms with Crippen LogP contribution in [-0.2, 0) is 0 Å². The van der Waals surface area contributed by atoms with E-state index in [1.165, 1.54) is 0 Å². The van der Waals surface area contributed by atoms with Crippen LogP contribution in [-0.4, -0.2) is 21.4 Å². The molecule has 0 unspecified atom stereocenters. The number of hydrogen-bond acceptors (Lipinski definition) is 2. The quantitative estimate of drug-likeness (QED) is 0.625. The Hall–Kier alpha value is -0.0800. The van der Waals surface area contributed by atoms with Gasteiger partial charge >= 0.3 is 0 Å². The minimum atomic E-state index is -0.528. The second kappa shape index (κ2) is 2.35. The van der Waals surface area contributed by atoms with Crippen molar-refractivity contribution < 1.29 is 10.2 Å². The van der Waals surface area contributed by atoms with E-state index in [4.69, 9.17) is 0 Å². The SMILES string of the molecule is CC1(O)CC2(C)CC(C)(O)CC2(C)C1. The van der Waals surface area contributed by atoms with E-state index in [1.54, 1.807) is 0 Å². The summed E-state index contributed by atoms with van der Waals surface area (Å²) in [5.74, 6) is 0. The monoisotopic (exact) mass is 198 g/mol. The average molecular weight is 198 g/mol. The van der Waals surface area contributed by atoms with Gasteiger partial charge in [0.05, 0.1) is 11.2 Å². The Morgan fingerprint density at radius 1 is 0.643 bits per heavy atom. The smallest absolute Gasteiger partial charge is 0.0630 e. The Morgan fingerprint density at radius 3 is 1.07 bits per heavy atom. The fraction of sp³-hybridized carbons (Fsp3) is 1.00. The third-order valence-electron chi connectivity index (χ3n) is 4.54. The molecule has 2 fully saturated rings. The lowest BCUT2D eigenvalue weighted by Gasteiger charge is -2.33. The summed E-state index contributed by atoms with van der Waals surface area (Å²) >= 11 is 0. The normalized spacial score (nSPS) is 63.0. The van der Waals surface area contributed by atoms with Gasteiger partial charge in [0.1, 0.15) is 0 Å². The van der Waals surface area contributed by atoms with Gasteiger partial charge in [-0.1, -0.05) is 13.8 Å². The first-order chi connectivity index (χ1) is 6.08. The topological polar surface area (TPSA) is 40.5 Å². The summed E-state index contributed by atoms with van der Waals surface area (Å²) in [6.07, 6.45) is 3.30. The molecule has 82 valence electrons. The van der Waals surface area contributed by atoms with Crippen molar-refractivity contribution >= 4 is 0 Å². The predicted octanol–water partition coefficient (Wildman–Crippen LogP) is 2.09. The summed E-state index contributed by atoms with van der Waals surface area (Å²) in [6, 6.07) is 0. The van der Waals surface area contributed by atoms with Gasteiger partial charge in [0.2, 0.25) is 0 Å². The first-order valence-electron chi connectivity index (χ1n) is 5.53. The van der Waals surface area contributed by atoms with Crippen LogP contribution in [0.2, 0.25) is 0 Å². The van der Waals surface area contributed by atoms with E-state index in [-0.39, 0.29) is 10.8 Å². The van der Waals surface area contributed by atoms with Crippen molar-refractivity contribution in [1.29, 1.82) is 0 Å². The lowest BCUT2D eigenvalue weighted by atomic mass is 9.71. The van der Waals surface area contributed by atoms with Gasteiger partial charge in [0.15, 0.2) is 0 Å². The zero-order valence-electron chi connectivity index (χ0n) is 9.72. The molecule has 0 heterocycles. The molecule has 0 atom stereocenters. The molecule has 2 N–H and O–H groups in total.